The summed E-state index contributed by atoms with van der Waals surface area (Å²) in [6.07, 6.45) is 19.5. The molecule has 4 nitrogen and oxygen atoms in total. The molecule has 0 bridgehead atoms. The molecule has 0 rings (SSSR count). The molecule has 138 valence electrons. The van der Waals surface area contributed by atoms with Crippen molar-refractivity contribution in [3.8, 4) is 0 Å². The van der Waals surface area contributed by atoms with Crippen LogP contribution in [0.25, 0.3) is 0 Å². The van der Waals surface area contributed by atoms with Crippen molar-refractivity contribution in [3.05, 3.63) is 10.1 Å². The first-order chi connectivity index (χ1) is 11.1. The Morgan fingerprint density at radius 2 is 1.00 bits per heavy atom. The molecule has 0 aliphatic carbocycles. The third-order valence-corrected chi connectivity index (χ3v) is 4.46. The van der Waals surface area contributed by atoms with Crippen molar-refractivity contribution in [2.45, 2.75) is 116 Å². The molecule has 0 amide bonds. The van der Waals surface area contributed by atoms with Crippen LogP contribution in [0.4, 0.5) is 0 Å². The van der Waals surface area contributed by atoms with Gasteiger partial charge in [0.25, 0.3) is 0 Å². The maximum atomic E-state index is 10.2. The number of unbranched alkanes of at least 4 members (excludes halogenated alkanes) is 14. The van der Waals surface area contributed by atoms with E-state index in [1.165, 1.54) is 77.0 Å². The molecule has 0 aromatic rings. The summed E-state index contributed by atoms with van der Waals surface area (Å²) >= 11 is 0. The molecule has 0 aliphatic rings. The number of nitro groups is 1. The van der Waals surface area contributed by atoms with Gasteiger partial charge in [0.15, 0.2) is 0 Å². The first kappa shape index (κ1) is 22.4. The summed E-state index contributed by atoms with van der Waals surface area (Å²) < 4.78 is 0. The van der Waals surface area contributed by atoms with Crippen LogP contribution in [0.3, 0.4) is 0 Å². The number of hydrogen-bond acceptors (Lipinski definition) is 3. The largest absolute Gasteiger partial charge is 0.393 e. The summed E-state index contributed by atoms with van der Waals surface area (Å²) in [5.74, 6) is 0. The summed E-state index contributed by atoms with van der Waals surface area (Å²) in [5, 5.41) is 19.3. The summed E-state index contributed by atoms with van der Waals surface area (Å²) in [7, 11) is 0. The number of nitrogens with zero attached hydrogens (tertiary/aromatic N) is 1. The van der Waals surface area contributed by atoms with E-state index in [2.05, 4.69) is 0 Å². The molecular weight excluding hydrogens is 290 g/mol. The minimum Gasteiger partial charge on any atom is -0.393 e. The third-order valence-electron chi connectivity index (χ3n) is 4.46. The van der Waals surface area contributed by atoms with Crippen LogP contribution in [-0.2, 0) is 0 Å². The maximum Gasteiger partial charge on any atom is 0.203 e. The highest BCUT2D eigenvalue weighted by atomic mass is 16.6. The Bertz CT molecular complexity index is 257. The van der Waals surface area contributed by atoms with Gasteiger partial charge in [0, 0.05) is 11.3 Å². The quantitative estimate of drug-likeness (QED) is 0.194. The van der Waals surface area contributed by atoms with Crippen LogP contribution in [-0.4, -0.2) is 22.7 Å². The molecular formula is C19H39NO3. The van der Waals surface area contributed by atoms with Gasteiger partial charge in [-0.2, -0.15) is 0 Å². The molecule has 0 fully saturated rings. The maximum absolute atomic E-state index is 10.2. The Morgan fingerprint density at radius 3 is 1.30 bits per heavy atom. The van der Waals surface area contributed by atoms with Crippen molar-refractivity contribution in [2.75, 3.05) is 6.54 Å². The van der Waals surface area contributed by atoms with Crippen molar-refractivity contribution in [2.24, 2.45) is 0 Å². The standard InChI is InChI=1S/C19H39NO3/c1-19(21)17-15-13-11-9-7-5-3-2-4-6-8-10-12-14-16-18-20(22)23/h19,21H,2-18H2,1H3. The molecule has 1 unspecified atom stereocenters. The highest BCUT2D eigenvalue weighted by Crippen LogP contribution is 2.14. The lowest BCUT2D eigenvalue weighted by Crippen LogP contribution is -1.99. The number of rotatable bonds is 18. The molecule has 0 radical (unpaired) electrons. The van der Waals surface area contributed by atoms with E-state index >= 15 is 0 Å². The van der Waals surface area contributed by atoms with Gasteiger partial charge in [0.1, 0.15) is 0 Å². The van der Waals surface area contributed by atoms with Crippen LogP contribution >= 0.6 is 0 Å². The zero-order chi connectivity index (χ0) is 17.2. The summed E-state index contributed by atoms with van der Waals surface area (Å²) in [5.41, 5.74) is 0. The molecule has 1 N–H and O–H groups in total. The van der Waals surface area contributed by atoms with Crippen LogP contribution in [0.1, 0.15) is 110 Å². The van der Waals surface area contributed by atoms with E-state index in [1.54, 1.807) is 0 Å². The molecule has 0 aliphatic heterocycles. The summed E-state index contributed by atoms with van der Waals surface area (Å²) in [6, 6.07) is 0. The molecule has 0 aromatic carbocycles. The van der Waals surface area contributed by atoms with Crippen molar-refractivity contribution in [1.82, 2.24) is 0 Å². The molecule has 0 spiro atoms. The van der Waals surface area contributed by atoms with E-state index in [-0.39, 0.29) is 17.6 Å². The molecule has 23 heavy (non-hydrogen) atoms. The van der Waals surface area contributed by atoms with Crippen LogP contribution < -0.4 is 0 Å². The SMILES string of the molecule is CC(O)CCCCCCCCCCCCCCCCC[N+](=O)[O-]. The fourth-order valence-electron chi connectivity index (χ4n) is 2.98. The molecule has 0 aromatic heterocycles. The fourth-order valence-corrected chi connectivity index (χ4v) is 2.98. The van der Waals surface area contributed by atoms with E-state index in [4.69, 9.17) is 5.11 Å². The highest BCUT2D eigenvalue weighted by Gasteiger charge is 1.98. The highest BCUT2D eigenvalue weighted by molar-refractivity contribution is 4.51. The molecule has 4 heteroatoms. The van der Waals surface area contributed by atoms with E-state index in [9.17, 15) is 10.1 Å². The monoisotopic (exact) mass is 329 g/mol. The second-order valence-electron chi connectivity index (χ2n) is 7.00. The van der Waals surface area contributed by atoms with Crippen LogP contribution in [0.2, 0.25) is 0 Å². The van der Waals surface area contributed by atoms with Gasteiger partial charge in [-0.1, -0.05) is 83.5 Å². The number of aliphatic hydroxyl groups excluding tert-OH is 1. The van der Waals surface area contributed by atoms with E-state index in [0.717, 1.165) is 25.7 Å². The molecule has 0 heterocycles. The predicted molar refractivity (Wildman–Crippen MR) is 97.4 cm³/mol. The Kier molecular flexibility index (Phi) is 17.2. The Labute approximate surface area is 143 Å². The zero-order valence-electron chi connectivity index (χ0n) is 15.3. The van der Waals surface area contributed by atoms with Crippen LogP contribution in [0, 0.1) is 10.1 Å². The van der Waals surface area contributed by atoms with Crippen molar-refractivity contribution >= 4 is 0 Å². The topological polar surface area (TPSA) is 63.4 Å². The normalized spacial score (nSPS) is 12.4. The Morgan fingerprint density at radius 1 is 0.696 bits per heavy atom. The lowest BCUT2D eigenvalue weighted by Gasteiger charge is -2.04. The number of hydrogen-bond donors (Lipinski definition) is 1. The van der Waals surface area contributed by atoms with Gasteiger partial charge in [0.2, 0.25) is 6.54 Å². The van der Waals surface area contributed by atoms with Gasteiger partial charge in [-0.15, -0.1) is 0 Å². The third kappa shape index (κ3) is 21.4. The van der Waals surface area contributed by atoms with Gasteiger partial charge in [-0.3, -0.25) is 10.1 Å². The molecule has 1 atom stereocenters. The van der Waals surface area contributed by atoms with Crippen molar-refractivity contribution in [3.63, 3.8) is 0 Å². The van der Waals surface area contributed by atoms with E-state index in [0.29, 0.717) is 0 Å². The average molecular weight is 330 g/mol. The number of aliphatic hydroxyl groups is 1. The zero-order valence-corrected chi connectivity index (χ0v) is 15.3. The lowest BCUT2D eigenvalue weighted by atomic mass is 10.0. The van der Waals surface area contributed by atoms with Crippen molar-refractivity contribution < 1.29 is 10.0 Å². The second-order valence-corrected chi connectivity index (χ2v) is 7.00. The smallest absolute Gasteiger partial charge is 0.203 e. The first-order valence-electron chi connectivity index (χ1n) is 9.93. The van der Waals surface area contributed by atoms with E-state index < -0.39 is 0 Å². The van der Waals surface area contributed by atoms with Crippen molar-refractivity contribution in [1.29, 1.82) is 0 Å². The lowest BCUT2D eigenvalue weighted by molar-refractivity contribution is -0.480. The fraction of sp³-hybridized carbons (Fsp3) is 1.00. The summed E-state index contributed by atoms with van der Waals surface area (Å²) in [6.45, 7) is 2.01. The Balaban J connectivity index is 2.99. The van der Waals surface area contributed by atoms with Gasteiger partial charge in [0.05, 0.1) is 6.10 Å². The molecule has 0 saturated carbocycles. The van der Waals surface area contributed by atoms with Crippen LogP contribution in [0.15, 0.2) is 0 Å². The van der Waals surface area contributed by atoms with Gasteiger partial charge >= 0.3 is 0 Å². The minimum atomic E-state index is -0.213. The van der Waals surface area contributed by atoms with Gasteiger partial charge < -0.3 is 5.11 Å². The average Bonchev–Trinajstić information content (AvgIpc) is 2.49. The van der Waals surface area contributed by atoms with Gasteiger partial charge in [-0.05, 0) is 19.8 Å². The van der Waals surface area contributed by atoms with Crippen LogP contribution in [0.5, 0.6) is 0 Å². The van der Waals surface area contributed by atoms with Gasteiger partial charge in [-0.25, -0.2) is 0 Å². The second kappa shape index (κ2) is 17.7. The van der Waals surface area contributed by atoms with E-state index in [1.807, 2.05) is 6.92 Å². The Hall–Kier alpha value is -0.640. The summed E-state index contributed by atoms with van der Waals surface area (Å²) in [4.78, 5) is 9.96. The molecule has 0 saturated heterocycles. The predicted octanol–water partition coefficient (Wildman–Crippen LogP) is 5.89. The first-order valence-corrected chi connectivity index (χ1v) is 9.93. The minimum absolute atomic E-state index is 0.129.